The smallest absolute Gasteiger partial charge is 0.374 e. The molecule has 0 aliphatic carbocycles. The van der Waals surface area contributed by atoms with Gasteiger partial charge in [-0.15, -0.1) is 0 Å². The fourth-order valence-corrected chi connectivity index (χ4v) is 3.92. The van der Waals surface area contributed by atoms with Crippen LogP contribution in [-0.2, 0) is 33.6 Å². The first-order valence-corrected chi connectivity index (χ1v) is 14.7. The number of nitrogens with one attached hydrogen (secondary N) is 6. The van der Waals surface area contributed by atoms with Crippen LogP contribution in [0.15, 0.2) is 0 Å². The van der Waals surface area contributed by atoms with E-state index >= 15 is 0 Å². The maximum absolute atomic E-state index is 13.1. The lowest BCUT2D eigenvalue weighted by atomic mass is 10.1. The molecule has 0 bridgehead atoms. The number of carbonyl (C=O) groups is 7. The molecule has 44 heavy (non-hydrogen) atoms. The molecule has 12 N–H and O–H groups in total. The molecule has 0 aromatic rings. The van der Waals surface area contributed by atoms with E-state index in [1.165, 1.54) is 20.8 Å². The van der Waals surface area contributed by atoms with E-state index < -0.39 is 71.7 Å². The fraction of sp³-hybridized carbons (Fsp3) is 0.741. The van der Waals surface area contributed by atoms with Crippen molar-refractivity contribution in [2.45, 2.75) is 102 Å². The summed E-state index contributed by atoms with van der Waals surface area (Å²) in [5.74, 6) is -6.56. The molecular weight excluding hydrogens is 580 g/mol. The second kappa shape index (κ2) is 21.9. The molecule has 0 aromatic heterocycles. The first-order chi connectivity index (χ1) is 20.7. The Labute approximate surface area is 257 Å². The van der Waals surface area contributed by atoms with Crippen molar-refractivity contribution in [2.24, 2.45) is 11.5 Å². The summed E-state index contributed by atoms with van der Waals surface area (Å²) in [4.78, 5) is 86.6. The van der Waals surface area contributed by atoms with Crippen LogP contribution in [0, 0.1) is 0 Å². The predicted molar refractivity (Wildman–Crippen MR) is 160 cm³/mol. The number of ketones is 1. The van der Waals surface area contributed by atoms with Crippen LogP contribution in [0.1, 0.15) is 65.7 Å². The Morgan fingerprint density at radius 1 is 0.659 bits per heavy atom. The molecule has 17 heteroatoms. The van der Waals surface area contributed by atoms with Gasteiger partial charge in [-0.25, -0.2) is 4.79 Å². The first kappa shape index (κ1) is 40.3. The van der Waals surface area contributed by atoms with Gasteiger partial charge in [-0.05, 0) is 79.4 Å². The number of carboxylic acids is 1. The Balaban J connectivity index is 5.53. The standard InChI is InChI=1S/C27H50N8O9/c1-15(22(38)27(43)44)31-24(40)19(10-6-8-13-29)34-23(39)16(2)32-26(42)21(17(3)36)35-25(41)18(9-5-7-12-28)33-20(37)11-14-30-4/h15-19,21,30,36H,5-14,28-29H2,1-4H3,(H,31,40)(H,32,42)(H,33,37)(H,34,39)(H,35,41)(H,43,44)/t15-,16-,17+,18-,19-,21-/m0/s1. The van der Waals surface area contributed by atoms with E-state index in [0.29, 0.717) is 45.3 Å². The fourth-order valence-electron chi connectivity index (χ4n) is 3.92. The highest BCUT2D eigenvalue weighted by molar-refractivity contribution is 6.35. The summed E-state index contributed by atoms with van der Waals surface area (Å²) in [5, 5.41) is 34.1. The number of aliphatic carboxylic acids is 1. The largest absolute Gasteiger partial charge is 0.475 e. The molecule has 0 spiro atoms. The van der Waals surface area contributed by atoms with E-state index in [-0.39, 0.29) is 25.2 Å². The van der Waals surface area contributed by atoms with Crippen molar-refractivity contribution in [2.75, 3.05) is 26.7 Å². The van der Waals surface area contributed by atoms with Crippen LogP contribution in [0.4, 0.5) is 0 Å². The van der Waals surface area contributed by atoms with Crippen molar-refractivity contribution in [3.05, 3.63) is 0 Å². The highest BCUT2D eigenvalue weighted by Crippen LogP contribution is 2.06. The van der Waals surface area contributed by atoms with Gasteiger partial charge in [0.1, 0.15) is 24.2 Å². The number of aliphatic hydroxyl groups is 1. The Hall–Kier alpha value is -3.67. The molecule has 17 nitrogen and oxygen atoms in total. The van der Waals surface area contributed by atoms with Gasteiger partial charge in [0.2, 0.25) is 29.5 Å². The van der Waals surface area contributed by atoms with Gasteiger partial charge in [0.15, 0.2) is 0 Å². The van der Waals surface area contributed by atoms with Crippen LogP contribution in [0.25, 0.3) is 0 Å². The number of carboxylic acid groups (broad SMARTS) is 1. The number of hydrogen-bond donors (Lipinski definition) is 10. The van der Waals surface area contributed by atoms with E-state index in [4.69, 9.17) is 16.6 Å². The van der Waals surface area contributed by atoms with E-state index in [2.05, 4.69) is 31.9 Å². The first-order valence-electron chi connectivity index (χ1n) is 14.7. The minimum Gasteiger partial charge on any atom is -0.475 e. The summed E-state index contributed by atoms with van der Waals surface area (Å²) in [5.41, 5.74) is 11.0. The Morgan fingerprint density at radius 3 is 1.64 bits per heavy atom. The number of aliphatic hydroxyl groups excluding tert-OH is 1. The maximum atomic E-state index is 13.1. The van der Waals surface area contributed by atoms with Gasteiger partial charge < -0.3 is 53.6 Å². The van der Waals surface area contributed by atoms with Gasteiger partial charge in [-0.1, -0.05) is 0 Å². The van der Waals surface area contributed by atoms with Crippen LogP contribution in [0.3, 0.4) is 0 Å². The molecule has 0 saturated heterocycles. The minimum absolute atomic E-state index is 0.112. The second-order valence-electron chi connectivity index (χ2n) is 10.5. The average molecular weight is 631 g/mol. The summed E-state index contributed by atoms with van der Waals surface area (Å²) in [6.45, 7) is 4.87. The Kier molecular flexibility index (Phi) is 20.1. The lowest BCUT2D eigenvalue weighted by Crippen LogP contribution is -2.60. The zero-order valence-corrected chi connectivity index (χ0v) is 25.9. The predicted octanol–water partition coefficient (Wildman–Crippen LogP) is -3.65. The van der Waals surface area contributed by atoms with Crippen LogP contribution < -0.4 is 43.4 Å². The Bertz CT molecular complexity index is 979. The minimum atomic E-state index is -1.73. The second-order valence-corrected chi connectivity index (χ2v) is 10.5. The zero-order chi connectivity index (χ0) is 33.8. The van der Waals surface area contributed by atoms with Gasteiger partial charge >= 0.3 is 5.97 Å². The Morgan fingerprint density at radius 2 is 1.16 bits per heavy atom. The monoisotopic (exact) mass is 630 g/mol. The summed E-state index contributed by atoms with van der Waals surface area (Å²) in [6.07, 6.45) is 1.15. The number of Topliss-reactive ketones (excluding diaryl/α,β-unsaturated/α-hetero) is 1. The third kappa shape index (κ3) is 15.7. The molecule has 0 unspecified atom stereocenters. The van der Waals surface area contributed by atoms with Crippen molar-refractivity contribution in [3.63, 3.8) is 0 Å². The number of nitrogens with two attached hydrogens (primary N) is 2. The molecule has 5 amide bonds. The number of amides is 5. The highest BCUT2D eigenvalue weighted by atomic mass is 16.4. The van der Waals surface area contributed by atoms with Gasteiger partial charge in [0.25, 0.3) is 5.78 Å². The summed E-state index contributed by atoms with van der Waals surface area (Å²) in [6, 6.07) is -6.26. The van der Waals surface area contributed by atoms with E-state index in [1.807, 2.05) is 0 Å². The van der Waals surface area contributed by atoms with E-state index in [1.54, 1.807) is 7.05 Å². The van der Waals surface area contributed by atoms with E-state index in [9.17, 15) is 38.7 Å². The molecule has 0 aromatic carbocycles. The molecule has 252 valence electrons. The van der Waals surface area contributed by atoms with Gasteiger partial charge in [-0.2, -0.15) is 0 Å². The topological polar surface area (TPSA) is 284 Å². The molecule has 0 rings (SSSR count). The number of rotatable bonds is 23. The van der Waals surface area contributed by atoms with Gasteiger partial charge in [-0.3, -0.25) is 28.8 Å². The third-order valence-corrected chi connectivity index (χ3v) is 6.56. The number of carbonyl (C=O) groups excluding carboxylic acids is 6. The highest BCUT2D eigenvalue weighted by Gasteiger charge is 2.32. The van der Waals surface area contributed by atoms with Gasteiger partial charge in [0.05, 0.1) is 12.1 Å². The number of hydrogen-bond acceptors (Lipinski definition) is 11. The maximum Gasteiger partial charge on any atom is 0.374 e. The van der Waals surface area contributed by atoms with Crippen LogP contribution in [0.5, 0.6) is 0 Å². The number of unbranched alkanes of at least 4 members (excludes halogenated alkanes) is 2. The van der Waals surface area contributed by atoms with Crippen molar-refractivity contribution >= 4 is 41.3 Å². The zero-order valence-electron chi connectivity index (χ0n) is 25.9. The average Bonchev–Trinajstić information content (AvgIpc) is 2.96. The van der Waals surface area contributed by atoms with E-state index in [0.717, 1.165) is 0 Å². The van der Waals surface area contributed by atoms with Crippen molar-refractivity contribution in [3.8, 4) is 0 Å². The van der Waals surface area contributed by atoms with Crippen molar-refractivity contribution in [1.82, 2.24) is 31.9 Å². The molecule has 6 atom stereocenters. The molecule has 0 fully saturated rings. The van der Waals surface area contributed by atoms with Crippen LogP contribution in [-0.4, -0.2) is 114 Å². The third-order valence-electron chi connectivity index (χ3n) is 6.56. The SMILES string of the molecule is CNCCC(=O)N[C@@H](CCCCN)C(=O)N[C@H](C(=O)N[C@@H](C)C(=O)N[C@@H](CCCCN)C(=O)N[C@@H](C)C(=O)C(=O)O)[C@@H](C)O. The lowest BCUT2D eigenvalue weighted by Gasteiger charge is -2.26. The van der Waals surface area contributed by atoms with Crippen molar-refractivity contribution in [1.29, 1.82) is 0 Å². The van der Waals surface area contributed by atoms with Crippen LogP contribution >= 0.6 is 0 Å². The van der Waals surface area contributed by atoms with Gasteiger partial charge in [0, 0.05) is 13.0 Å². The quantitative estimate of drug-likeness (QED) is 0.0386. The normalized spacial score (nSPS) is 15.0. The molecule has 0 radical (unpaired) electrons. The molecular formula is C27H50N8O9. The molecule has 0 aliphatic heterocycles. The lowest BCUT2D eigenvalue weighted by molar-refractivity contribution is -0.150. The molecule has 0 saturated carbocycles. The molecule has 0 heterocycles. The summed E-state index contributed by atoms with van der Waals surface area (Å²) in [7, 11) is 1.67. The van der Waals surface area contributed by atoms with Crippen LogP contribution in [0.2, 0.25) is 0 Å². The summed E-state index contributed by atoms with van der Waals surface area (Å²) >= 11 is 0. The molecule has 0 aliphatic rings. The van der Waals surface area contributed by atoms with Crippen molar-refractivity contribution < 1.29 is 43.8 Å². The summed E-state index contributed by atoms with van der Waals surface area (Å²) < 4.78 is 0.